The molecule has 0 radical (unpaired) electrons. The zero-order valence-corrected chi connectivity index (χ0v) is 21.2. The Kier molecular flexibility index (Phi) is 6.85. The van der Waals surface area contributed by atoms with Crippen LogP contribution in [0.4, 0.5) is 11.4 Å². The maximum Gasteiger partial charge on any atom is 0.245 e. The molecule has 0 spiro atoms. The fourth-order valence-corrected chi connectivity index (χ4v) is 5.87. The third kappa shape index (κ3) is 4.95. The number of hydrogen-bond donors (Lipinski definition) is 0. The number of carbonyl (C=O) groups excluding carboxylic acids is 1. The highest BCUT2D eigenvalue weighted by molar-refractivity contribution is 6.03. The van der Waals surface area contributed by atoms with Gasteiger partial charge in [0.25, 0.3) is 0 Å². The minimum absolute atomic E-state index is 0.151. The molecule has 1 amide bonds. The third-order valence-electron chi connectivity index (χ3n) is 7.74. The van der Waals surface area contributed by atoms with Crippen LogP contribution in [-0.4, -0.2) is 48.4 Å². The van der Waals surface area contributed by atoms with Crippen molar-refractivity contribution in [2.75, 3.05) is 37.6 Å². The van der Waals surface area contributed by atoms with Crippen molar-refractivity contribution in [2.24, 2.45) is 0 Å². The van der Waals surface area contributed by atoms with E-state index >= 15 is 0 Å². The summed E-state index contributed by atoms with van der Waals surface area (Å²) in [5.74, 6) is 0.151. The Morgan fingerprint density at radius 1 is 0.595 bits per heavy atom. The van der Waals surface area contributed by atoms with E-state index in [0.29, 0.717) is 6.54 Å². The summed E-state index contributed by atoms with van der Waals surface area (Å²) in [6, 6.07) is 38.5. The second-order valence-electron chi connectivity index (χ2n) is 10.0. The van der Waals surface area contributed by atoms with Gasteiger partial charge < -0.3 is 0 Å². The lowest BCUT2D eigenvalue weighted by molar-refractivity contribution is -0.119. The maximum absolute atomic E-state index is 13.9. The standard InChI is InChI=1S/C33H33N3O/c37-32(36-30-17-9-7-11-26(30)19-20-27-12-8-10-18-31(27)36)25-34-21-23-35(24-22-34)33(28-13-3-1-4-14-28)29-15-5-2-6-16-29/h1-18,33H,19-25H2. The number of amides is 1. The van der Waals surface area contributed by atoms with E-state index in [2.05, 4.69) is 107 Å². The van der Waals surface area contributed by atoms with Gasteiger partial charge in [0.2, 0.25) is 5.91 Å². The molecule has 4 heteroatoms. The number of benzene rings is 4. The van der Waals surface area contributed by atoms with Gasteiger partial charge in [0, 0.05) is 26.2 Å². The first-order valence-electron chi connectivity index (χ1n) is 13.3. The molecule has 4 aromatic carbocycles. The van der Waals surface area contributed by atoms with Gasteiger partial charge in [-0.3, -0.25) is 19.5 Å². The normalized spacial score (nSPS) is 16.2. The fourth-order valence-electron chi connectivity index (χ4n) is 5.87. The molecule has 1 saturated heterocycles. The smallest absolute Gasteiger partial charge is 0.245 e. The molecule has 0 saturated carbocycles. The summed E-state index contributed by atoms with van der Waals surface area (Å²) in [6.45, 7) is 4.03. The van der Waals surface area contributed by atoms with E-state index < -0.39 is 0 Å². The van der Waals surface area contributed by atoms with Crippen LogP contribution < -0.4 is 4.90 Å². The van der Waals surface area contributed by atoms with Gasteiger partial charge in [-0.05, 0) is 47.2 Å². The lowest BCUT2D eigenvalue weighted by atomic mass is 9.96. The van der Waals surface area contributed by atoms with Crippen LogP contribution in [0, 0.1) is 0 Å². The van der Waals surface area contributed by atoms with E-state index in [1.165, 1.54) is 22.3 Å². The van der Waals surface area contributed by atoms with Crippen LogP contribution in [0.3, 0.4) is 0 Å². The first-order valence-corrected chi connectivity index (χ1v) is 13.3. The number of piperazine rings is 1. The van der Waals surface area contributed by atoms with Gasteiger partial charge in [0.1, 0.15) is 0 Å². The quantitative estimate of drug-likeness (QED) is 0.353. The highest BCUT2D eigenvalue weighted by Crippen LogP contribution is 2.36. The molecule has 0 aliphatic carbocycles. The second kappa shape index (κ2) is 10.7. The fraction of sp³-hybridized carbons (Fsp3) is 0.242. The first kappa shape index (κ1) is 23.7. The zero-order chi connectivity index (χ0) is 25.0. The molecule has 6 rings (SSSR count). The molecule has 0 bridgehead atoms. The summed E-state index contributed by atoms with van der Waals surface area (Å²) in [7, 11) is 0. The number of hydrogen-bond acceptors (Lipinski definition) is 3. The summed E-state index contributed by atoms with van der Waals surface area (Å²) in [5, 5.41) is 0. The predicted molar refractivity (Wildman–Crippen MR) is 150 cm³/mol. The molecule has 2 aliphatic heterocycles. The summed E-state index contributed by atoms with van der Waals surface area (Å²) < 4.78 is 0. The molecule has 0 aromatic heterocycles. The van der Waals surface area contributed by atoms with Crippen LogP contribution in [-0.2, 0) is 17.6 Å². The molecule has 186 valence electrons. The van der Waals surface area contributed by atoms with Crippen molar-refractivity contribution in [1.82, 2.24) is 9.80 Å². The number of para-hydroxylation sites is 2. The Bertz CT molecular complexity index is 1260. The van der Waals surface area contributed by atoms with E-state index in [-0.39, 0.29) is 11.9 Å². The van der Waals surface area contributed by atoms with Gasteiger partial charge in [0.05, 0.1) is 24.0 Å². The summed E-state index contributed by atoms with van der Waals surface area (Å²) >= 11 is 0. The van der Waals surface area contributed by atoms with Gasteiger partial charge in [-0.2, -0.15) is 0 Å². The van der Waals surface area contributed by atoms with Crippen LogP contribution in [0.25, 0.3) is 0 Å². The number of nitrogens with zero attached hydrogens (tertiary/aromatic N) is 3. The van der Waals surface area contributed by atoms with E-state index in [9.17, 15) is 4.79 Å². The van der Waals surface area contributed by atoms with E-state index in [4.69, 9.17) is 0 Å². The maximum atomic E-state index is 13.9. The molecule has 0 N–H and O–H groups in total. The van der Waals surface area contributed by atoms with Crippen molar-refractivity contribution in [3.63, 3.8) is 0 Å². The Balaban J connectivity index is 1.20. The van der Waals surface area contributed by atoms with Crippen molar-refractivity contribution in [1.29, 1.82) is 0 Å². The van der Waals surface area contributed by atoms with Crippen molar-refractivity contribution in [3.05, 3.63) is 131 Å². The van der Waals surface area contributed by atoms with Gasteiger partial charge in [0.15, 0.2) is 0 Å². The largest absolute Gasteiger partial charge is 0.292 e. The Morgan fingerprint density at radius 2 is 1.05 bits per heavy atom. The highest BCUT2D eigenvalue weighted by atomic mass is 16.2. The summed E-state index contributed by atoms with van der Waals surface area (Å²) in [6.07, 6.45) is 1.91. The molecular formula is C33H33N3O. The molecule has 2 heterocycles. The average molecular weight is 488 g/mol. The third-order valence-corrected chi connectivity index (χ3v) is 7.74. The van der Waals surface area contributed by atoms with Crippen LogP contribution in [0.1, 0.15) is 28.3 Å². The van der Waals surface area contributed by atoms with E-state index in [1.54, 1.807) is 0 Å². The Hall–Kier alpha value is -3.73. The molecule has 4 nitrogen and oxygen atoms in total. The minimum atomic E-state index is 0.151. The van der Waals surface area contributed by atoms with Gasteiger partial charge in [-0.15, -0.1) is 0 Å². The average Bonchev–Trinajstić information content (AvgIpc) is 3.12. The highest BCUT2D eigenvalue weighted by Gasteiger charge is 2.30. The molecular weight excluding hydrogens is 454 g/mol. The second-order valence-corrected chi connectivity index (χ2v) is 10.0. The molecule has 0 atom stereocenters. The topological polar surface area (TPSA) is 26.8 Å². The van der Waals surface area contributed by atoms with Crippen LogP contribution in [0.15, 0.2) is 109 Å². The SMILES string of the molecule is O=C(CN1CCN(C(c2ccccc2)c2ccccc2)CC1)N1c2ccccc2CCc2ccccc21. The monoisotopic (exact) mass is 487 g/mol. The van der Waals surface area contributed by atoms with Crippen LogP contribution in [0.2, 0.25) is 0 Å². The molecule has 4 aromatic rings. The van der Waals surface area contributed by atoms with E-state index in [0.717, 1.165) is 50.4 Å². The van der Waals surface area contributed by atoms with Gasteiger partial charge >= 0.3 is 0 Å². The van der Waals surface area contributed by atoms with Crippen molar-refractivity contribution in [2.45, 2.75) is 18.9 Å². The van der Waals surface area contributed by atoms with Crippen molar-refractivity contribution >= 4 is 17.3 Å². The molecule has 1 fully saturated rings. The minimum Gasteiger partial charge on any atom is -0.292 e. The van der Waals surface area contributed by atoms with Crippen LogP contribution in [0.5, 0.6) is 0 Å². The van der Waals surface area contributed by atoms with Crippen molar-refractivity contribution < 1.29 is 4.79 Å². The van der Waals surface area contributed by atoms with Crippen molar-refractivity contribution in [3.8, 4) is 0 Å². The number of fused-ring (bicyclic) bond motifs is 2. The summed E-state index contributed by atoms with van der Waals surface area (Å²) in [4.78, 5) is 20.7. The van der Waals surface area contributed by atoms with Gasteiger partial charge in [-0.25, -0.2) is 0 Å². The molecule has 37 heavy (non-hydrogen) atoms. The van der Waals surface area contributed by atoms with Crippen LogP contribution >= 0.6 is 0 Å². The lowest BCUT2D eigenvalue weighted by Crippen LogP contribution is -2.50. The molecule has 0 unspecified atom stereocenters. The lowest BCUT2D eigenvalue weighted by Gasteiger charge is -2.40. The Morgan fingerprint density at radius 3 is 1.57 bits per heavy atom. The number of carbonyl (C=O) groups is 1. The van der Waals surface area contributed by atoms with E-state index in [1.807, 2.05) is 17.0 Å². The first-order chi connectivity index (χ1) is 18.3. The number of rotatable bonds is 5. The molecule has 2 aliphatic rings. The number of anilines is 2. The summed E-state index contributed by atoms with van der Waals surface area (Å²) in [5.41, 5.74) is 7.18. The number of aryl methyl sites for hydroxylation is 2. The zero-order valence-electron chi connectivity index (χ0n) is 21.2. The Labute approximate surface area is 219 Å². The van der Waals surface area contributed by atoms with Gasteiger partial charge in [-0.1, -0.05) is 97.1 Å². The predicted octanol–water partition coefficient (Wildman–Crippen LogP) is 5.86.